The summed E-state index contributed by atoms with van der Waals surface area (Å²) >= 11 is 1.64. The van der Waals surface area contributed by atoms with Gasteiger partial charge in [-0.3, -0.25) is 14.8 Å². The van der Waals surface area contributed by atoms with E-state index in [-0.39, 0.29) is 11.9 Å². The lowest BCUT2D eigenvalue weighted by Crippen LogP contribution is -2.42. The molecule has 0 aliphatic carbocycles. The number of carbonyl (C=O) groups is 1. The highest BCUT2D eigenvalue weighted by molar-refractivity contribution is 7.13. The summed E-state index contributed by atoms with van der Waals surface area (Å²) in [6, 6.07) is 9.86. The molecule has 1 amide bonds. The van der Waals surface area contributed by atoms with E-state index in [2.05, 4.69) is 46.3 Å². The van der Waals surface area contributed by atoms with Crippen molar-refractivity contribution in [2.45, 2.75) is 33.7 Å². The molecule has 37 heavy (non-hydrogen) atoms. The van der Waals surface area contributed by atoms with Crippen molar-refractivity contribution in [2.24, 2.45) is 0 Å². The fourth-order valence-corrected chi connectivity index (χ4v) is 5.17. The number of pyridine rings is 1. The molecule has 0 saturated carbocycles. The van der Waals surface area contributed by atoms with Gasteiger partial charge in [-0.15, -0.1) is 11.3 Å². The third kappa shape index (κ3) is 5.03. The highest BCUT2D eigenvalue weighted by Gasteiger charge is 2.19. The van der Waals surface area contributed by atoms with Gasteiger partial charge in [0.1, 0.15) is 0 Å². The summed E-state index contributed by atoms with van der Waals surface area (Å²) in [5, 5.41) is 16.7. The summed E-state index contributed by atoms with van der Waals surface area (Å²) in [5.74, 6) is -0.145. The first kappa shape index (κ1) is 24.8. The van der Waals surface area contributed by atoms with Crippen molar-refractivity contribution < 1.29 is 4.79 Å². The number of aromatic amines is 1. The molecule has 1 unspecified atom stereocenters. The normalized spacial score (nSPS) is 12.4. The Morgan fingerprint density at radius 2 is 1.89 bits per heavy atom. The molecule has 0 radical (unpaired) electrons. The number of rotatable bonds is 9. The third-order valence-corrected chi connectivity index (χ3v) is 7.50. The molecule has 0 fully saturated rings. The van der Waals surface area contributed by atoms with Crippen molar-refractivity contribution in [1.82, 2.24) is 40.0 Å². The van der Waals surface area contributed by atoms with Crippen molar-refractivity contribution in [3.8, 4) is 33.1 Å². The summed E-state index contributed by atoms with van der Waals surface area (Å²) < 4.78 is 1.73. The van der Waals surface area contributed by atoms with Crippen molar-refractivity contribution >= 4 is 22.9 Å². The number of nitrogens with one attached hydrogen (secondary N) is 2. The van der Waals surface area contributed by atoms with Crippen LogP contribution in [0.15, 0.2) is 54.3 Å². The van der Waals surface area contributed by atoms with Crippen LogP contribution in [0.3, 0.4) is 0 Å². The van der Waals surface area contributed by atoms with Crippen LogP contribution in [0, 0.1) is 6.92 Å². The van der Waals surface area contributed by atoms with Gasteiger partial charge < -0.3 is 5.32 Å². The molecule has 5 heterocycles. The van der Waals surface area contributed by atoms with Crippen LogP contribution in [-0.4, -0.2) is 66.3 Å². The maximum Gasteiger partial charge on any atom is 0.251 e. The van der Waals surface area contributed by atoms with E-state index in [4.69, 9.17) is 9.97 Å². The first-order chi connectivity index (χ1) is 18.0. The van der Waals surface area contributed by atoms with Crippen molar-refractivity contribution in [3.63, 3.8) is 0 Å². The summed E-state index contributed by atoms with van der Waals surface area (Å²) in [6.07, 6.45) is 5.38. The Balaban J connectivity index is 1.55. The van der Waals surface area contributed by atoms with Gasteiger partial charge in [-0.2, -0.15) is 10.2 Å². The lowest BCUT2D eigenvalue weighted by atomic mass is 10.1. The monoisotopic (exact) mass is 514 g/mol. The molecule has 0 aliphatic heterocycles. The van der Waals surface area contributed by atoms with E-state index in [1.807, 2.05) is 48.8 Å². The summed E-state index contributed by atoms with van der Waals surface area (Å²) in [7, 11) is 0. The molecule has 10 heteroatoms. The number of aromatic nitrogens is 6. The van der Waals surface area contributed by atoms with E-state index in [1.54, 1.807) is 28.2 Å². The summed E-state index contributed by atoms with van der Waals surface area (Å²) in [5.41, 5.74) is 5.86. The molecule has 0 saturated heterocycles. The minimum atomic E-state index is -0.145. The van der Waals surface area contributed by atoms with Crippen molar-refractivity contribution in [3.05, 3.63) is 65.6 Å². The van der Waals surface area contributed by atoms with Gasteiger partial charge in [0.15, 0.2) is 5.65 Å². The zero-order valence-corrected chi connectivity index (χ0v) is 22.2. The van der Waals surface area contributed by atoms with E-state index >= 15 is 0 Å². The van der Waals surface area contributed by atoms with Crippen LogP contribution in [0.25, 0.3) is 38.7 Å². The Morgan fingerprint density at radius 1 is 1.11 bits per heavy atom. The second-order valence-electron chi connectivity index (χ2n) is 8.93. The second kappa shape index (κ2) is 10.6. The van der Waals surface area contributed by atoms with Crippen LogP contribution in [0.2, 0.25) is 0 Å². The highest BCUT2D eigenvalue weighted by atomic mass is 32.1. The fraction of sp³-hybridized carbons (Fsp3) is 0.296. The number of aryl methyl sites for hydroxylation is 1. The standard InChI is InChI=1S/C27H30N8OS/c1-5-34(6-2)17(3)14-28-27(36)19-12-23(20-15-29-33-18(20)4)31-24(13-19)21-16-30-35-10-9-22(32-26(21)35)25-8-7-11-37-25/h7-13,15-17H,5-6,14H2,1-4H3,(H,28,36)(H,29,33). The number of H-pyrrole nitrogens is 1. The van der Waals surface area contributed by atoms with Gasteiger partial charge in [0, 0.05) is 35.6 Å². The van der Waals surface area contributed by atoms with Crippen LogP contribution < -0.4 is 5.32 Å². The smallest absolute Gasteiger partial charge is 0.251 e. The van der Waals surface area contributed by atoms with Crippen molar-refractivity contribution in [1.29, 1.82) is 0 Å². The Kier molecular flexibility index (Phi) is 7.11. The molecule has 9 nitrogen and oxygen atoms in total. The van der Waals surface area contributed by atoms with Crippen LogP contribution in [0.1, 0.15) is 36.8 Å². The SMILES string of the molecule is CCN(CC)C(C)CNC(=O)c1cc(-c2cn[nH]c2C)nc(-c2cnn3ccc(-c4cccs4)nc23)c1. The summed E-state index contributed by atoms with van der Waals surface area (Å²) in [6.45, 7) is 10.8. The molecule has 0 spiro atoms. The molecule has 0 aromatic carbocycles. The number of amides is 1. The highest BCUT2D eigenvalue weighted by Crippen LogP contribution is 2.30. The minimum Gasteiger partial charge on any atom is -0.350 e. The molecule has 0 bridgehead atoms. The van der Waals surface area contributed by atoms with E-state index in [9.17, 15) is 4.79 Å². The number of hydrogen-bond donors (Lipinski definition) is 2. The molecule has 190 valence electrons. The number of thiophene rings is 1. The fourth-order valence-electron chi connectivity index (χ4n) is 4.48. The maximum absolute atomic E-state index is 13.3. The van der Waals surface area contributed by atoms with Gasteiger partial charge in [0.05, 0.1) is 39.9 Å². The molecule has 2 N–H and O–H groups in total. The first-order valence-corrected chi connectivity index (χ1v) is 13.3. The largest absolute Gasteiger partial charge is 0.350 e. The van der Waals surface area contributed by atoms with Gasteiger partial charge in [-0.25, -0.2) is 14.5 Å². The van der Waals surface area contributed by atoms with E-state index in [0.717, 1.165) is 40.5 Å². The number of nitrogens with zero attached hydrogens (tertiary/aromatic N) is 6. The maximum atomic E-state index is 13.3. The summed E-state index contributed by atoms with van der Waals surface area (Å²) in [4.78, 5) is 26.5. The van der Waals surface area contributed by atoms with Crippen LogP contribution in [0.4, 0.5) is 0 Å². The first-order valence-electron chi connectivity index (χ1n) is 12.4. The third-order valence-electron chi connectivity index (χ3n) is 6.61. The Bertz CT molecular complexity index is 1520. The average molecular weight is 515 g/mol. The number of carbonyl (C=O) groups excluding carboxylic acids is 1. The predicted octanol–water partition coefficient (Wildman–Crippen LogP) is 4.68. The molecular formula is C27H30N8OS. The lowest BCUT2D eigenvalue weighted by Gasteiger charge is -2.26. The number of fused-ring (bicyclic) bond motifs is 1. The Labute approximate surface area is 219 Å². The molecular weight excluding hydrogens is 484 g/mol. The Hall–Kier alpha value is -3.89. The zero-order valence-electron chi connectivity index (χ0n) is 21.4. The molecule has 1 atom stereocenters. The average Bonchev–Trinajstić information content (AvgIpc) is 3.68. The van der Waals surface area contributed by atoms with Gasteiger partial charge in [0.25, 0.3) is 5.91 Å². The Morgan fingerprint density at radius 3 is 2.57 bits per heavy atom. The van der Waals surface area contributed by atoms with E-state index in [0.29, 0.717) is 29.1 Å². The molecule has 0 aliphatic rings. The quantitative estimate of drug-likeness (QED) is 0.296. The van der Waals surface area contributed by atoms with Gasteiger partial charge in [0.2, 0.25) is 0 Å². The van der Waals surface area contributed by atoms with Crippen molar-refractivity contribution in [2.75, 3.05) is 19.6 Å². The lowest BCUT2D eigenvalue weighted by molar-refractivity contribution is 0.0938. The van der Waals surface area contributed by atoms with Crippen LogP contribution in [0.5, 0.6) is 0 Å². The zero-order chi connectivity index (χ0) is 25.9. The second-order valence-corrected chi connectivity index (χ2v) is 9.88. The molecule has 5 aromatic heterocycles. The topological polar surface area (TPSA) is 104 Å². The minimum absolute atomic E-state index is 0.145. The van der Waals surface area contributed by atoms with Gasteiger partial charge in [-0.05, 0) is 56.6 Å². The molecule has 5 rings (SSSR count). The predicted molar refractivity (Wildman–Crippen MR) is 147 cm³/mol. The number of likely N-dealkylation sites (N-methyl/N-ethyl adjacent to an activating group) is 1. The van der Waals surface area contributed by atoms with Crippen LogP contribution in [-0.2, 0) is 0 Å². The van der Waals surface area contributed by atoms with Crippen LogP contribution >= 0.6 is 11.3 Å². The van der Waals surface area contributed by atoms with E-state index < -0.39 is 0 Å². The molecule has 5 aromatic rings. The van der Waals surface area contributed by atoms with Gasteiger partial charge in [-0.1, -0.05) is 19.9 Å². The van der Waals surface area contributed by atoms with Gasteiger partial charge >= 0.3 is 0 Å². The number of hydrogen-bond acceptors (Lipinski definition) is 7. The van der Waals surface area contributed by atoms with E-state index in [1.165, 1.54) is 0 Å².